The van der Waals surface area contributed by atoms with Crippen molar-refractivity contribution in [2.45, 2.75) is 38.6 Å². The van der Waals surface area contributed by atoms with Crippen LogP contribution < -0.4 is 10.6 Å². The molecule has 5 rings (SSSR count). The zero-order chi connectivity index (χ0) is 23.2. The number of hydrogen-bond acceptors (Lipinski definition) is 6. The van der Waals surface area contributed by atoms with Crippen molar-refractivity contribution in [2.75, 3.05) is 24.6 Å². The molecule has 2 atom stereocenters. The van der Waals surface area contributed by atoms with E-state index in [1.807, 2.05) is 11.8 Å². The van der Waals surface area contributed by atoms with Gasteiger partial charge in [0.15, 0.2) is 17.2 Å². The number of rotatable bonds is 2. The molecule has 172 valence electrons. The largest absolute Gasteiger partial charge is 0.376 e. The minimum absolute atomic E-state index is 0.00875. The van der Waals surface area contributed by atoms with Gasteiger partial charge in [0.05, 0.1) is 23.3 Å². The summed E-state index contributed by atoms with van der Waals surface area (Å²) in [6.45, 7) is 3.24. The number of piperidine rings is 1. The zero-order valence-corrected chi connectivity index (χ0v) is 18.8. The fourth-order valence-corrected chi connectivity index (χ4v) is 4.88. The number of aromatic amines is 1. The molecule has 1 aromatic carbocycles. The van der Waals surface area contributed by atoms with Crippen LogP contribution in [0.1, 0.15) is 36.7 Å². The lowest BCUT2D eigenvalue weighted by Crippen LogP contribution is -2.51. The third kappa shape index (κ3) is 3.82. The summed E-state index contributed by atoms with van der Waals surface area (Å²) in [5.41, 5.74) is 7.61. The Balaban J connectivity index is 1.43. The fourth-order valence-electron chi connectivity index (χ4n) is 4.67. The van der Waals surface area contributed by atoms with E-state index in [4.69, 9.17) is 22.1 Å². The van der Waals surface area contributed by atoms with E-state index >= 15 is 0 Å². The molecule has 2 aliphatic heterocycles. The van der Waals surface area contributed by atoms with E-state index in [0.717, 1.165) is 12.8 Å². The molecule has 1 spiro atoms. The van der Waals surface area contributed by atoms with Crippen molar-refractivity contribution in [3.05, 3.63) is 46.0 Å². The molecule has 0 aliphatic carbocycles. The molecule has 3 N–H and O–H groups in total. The Bertz CT molecular complexity index is 1240. The van der Waals surface area contributed by atoms with E-state index in [0.29, 0.717) is 36.7 Å². The Labute approximate surface area is 194 Å². The summed E-state index contributed by atoms with van der Waals surface area (Å²) in [6, 6.07) is 4.33. The maximum absolute atomic E-state index is 14.0. The second-order valence-electron chi connectivity index (χ2n) is 8.63. The van der Waals surface area contributed by atoms with Gasteiger partial charge in [-0.3, -0.25) is 5.10 Å². The Morgan fingerprint density at radius 2 is 2.09 bits per heavy atom. The highest BCUT2D eigenvalue weighted by molar-refractivity contribution is 6.31. The van der Waals surface area contributed by atoms with Crippen LogP contribution in [0.25, 0.3) is 11.2 Å². The van der Waals surface area contributed by atoms with Gasteiger partial charge in [0, 0.05) is 24.5 Å². The number of ether oxygens (including phenoxy) is 1. The minimum Gasteiger partial charge on any atom is -0.376 e. The predicted molar refractivity (Wildman–Crippen MR) is 121 cm³/mol. The smallest absolute Gasteiger partial charge is 0.177 e. The topological polar surface area (TPSA) is 93.0 Å². The SMILES string of the molecule is C[C@@H]1OCC2(CCN(c3nc4[nH]nc(C#Cc5c(F)cccc5Cl)c4nc3CF)CC2)[C@@H]1N. The molecule has 0 amide bonds. The molecule has 2 fully saturated rings. The molecule has 0 radical (unpaired) electrons. The average molecular weight is 473 g/mol. The zero-order valence-electron chi connectivity index (χ0n) is 18.0. The van der Waals surface area contributed by atoms with Gasteiger partial charge < -0.3 is 15.4 Å². The number of nitrogens with two attached hydrogens (primary N) is 1. The molecule has 7 nitrogen and oxygen atoms in total. The first-order valence-corrected chi connectivity index (χ1v) is 11.2. The number of nitrogens with one attached hydrogen (secondary N) is 1. The molecule has 2 aliphatic rings. The first-order valence-electron chi connectivity index (χ1n) is 10.8. The van der Waals surface area contributed by atoms with Crippen molar-refractivity contribution in [2.24, 2.45) is 11.1 Å². The van der Waals surface area contributed by atoms with E-state index in [9.17, 15) is 8.78 Å². The van der Waals surface area contributed by atoms with E-state index in [2.05, 4.69) is 32.0 Å². The van der Waals surface area contributed by atoms with Gasteiger partial charge in [0.25, 0.3) is 0 Å². The van der Waals surface area contributed by atoms with Crippen LogP contribution in [-0.4, -0.2) is 52.0 Å². The van der Waals surface area contributed by atoms with Gasteiger partial charge in [-0.25, -0.2) is 18.7 Å². The van der Waals surface area contributed by atoms with Gasteiger partial charge in [-0.2, -0.15) is 5.10 Å². The van der Waals surface area contributed by atoms with Crippen LogP contribution in [0.2, 0.25) is 5.02 Å². The summed E-state index contributed by atoms with van der Waals surface area (Å²) in [6.07, 6.45) is 1.72. The summed E-state index contributed by atoms with van der Waals surface area (Å²) in [5.74, 6) is 5.42. The molecule has 0 unspecified atom stereocenters. The Morgan fingerprint density at radius 3 is 2.76 bits per heavy atom. The maximum Gasteiger partial charge on any atom is 0.177 e. The Kier molecular flexibility index (Phi) is 5.69. The van der Waals surface area contributed by atoms with Crippen LogP contribution in [0.3, 0.4) is 0 Å². The number of aromatic nitrogens is 4. The number of benzene rings is 1. The lowest BCUT2D eigenvalue weighted by Gasteiger charge is -2.41. The molecule has 4 heterocycles. The molecule has 10 heteroatoms. The van der Waals surface area contributed by atoms with Crippen molar-refractivity contribution in [1.82, 2.24) is 20.2 Å². The molecule has 33 heavy (non-hydrogen) atoms. The van der Waals surface area contributed by atoms with E-state index < -0.39 is 12.5 Å². The highest BCUT2D eigenvalue weighted by Gasteiger charge is 2.47. The van der Waals surface area contributed by atoms with Crippen LogP contribution in [0.5, 0.6) is 0 Å². The number of anilines is 1. The number of alkyl halides is 1. The van der Waals surface area contributed by atoms with E-state index in [1.165, 1.54) is 12.1 Å². The lowest BCUT2D eigenvalue weighted by molar-refractivity contribution is 0.0974. The van der Waals surface area contributed by atoms with E-state index in [-0.39, 0.29) is 39.5 Å². The van der Waals surface area contributed by atoms with E-state index in [1.54, 1.807) is 6.07 Å². The van der Waals surface area contributed by atoms with Crippen molar-refractivity contribution < 1.29 is 13.5 Å². The molecule has 2 saturated heterocycles. The standard InChI is InChI=1S/C23H23ClF2N6O/c1-13-20(27)23(12-33-13)7-9-32(10-8-23)22-18(11-25)28-19-17(30-31-21(19)29-22)6-5-14-15(24)3-2-4-16(14)26/h2-4,13,20H,7-12,27H2,1H3,(H,29,30,31)/t13-,20+/m0/s1. The first-order chi connectivity index (χ1) is 15.9. The van der Waals surface area contributed by atoms with Crippen molar-refractivity contribution in [3.63, 3.8) is 0 Å². The van der Waals surface area contributed by atoms with Crippen molar-refractivity contribution in [1.29, 1.82) is 0 Å². The van der Waals surface area contributed by atoms with Gasteiger partial charge >= 0.3 is 0 Å². The highest BCUT2D eigenvalue weighted by Crippen LogP contribution is 2.42. The molecule has 0 bridgehead atoms. The summed E-state index contributed by atoms with van der Waals surface area (Å²) in [5, 5.41) is 7.15. The van der Waals surface area contributed by atoms with Crippen LogP contribution >= 0.6 is 11.6 Å². The summed E-state index contributed by atoms with van der Waals surface area (Å²) < 4.78 is 33.8. The summed E-state index contributed by atoms with van der Waals surface area (Å²) >= 11 is 6.03. The quantitative estimate of drug-likeness (QED) is 0.556. The molecular weight excluding hydrogens is 450 g/mol. The minimum atomic E-state index is -0.781. The van der Waals surface area contributed by atoms with Crippen LogP contribution in [0.15, 0.2) is 18.2 Å². The predicted octanol–water partition coefficient (Wildman–Crippen LogP) is 3.35. The highest BCUT2D eigenvalue weighted by atomic mass is 35.5. The van der Waals surface area contributed by atoms with Gasteiger partial charge in [-0.05, 0) is 37.8 Å². The number of H-pyrrole nitrogens is 1. The number of fused-ring (bicyclic) bond motifs is 1. The van der Waals surface area contributed by atoms with Gasteiger partial charge in [0.2, 0.25) is 0 Å². The average Bonchev–Trinajstić information content (AvgIpc) is 3.34. The molecule has 2 aromatic heterocycles. The second-order valence-corrected chi connectivity index (χ2v) is 9.04. The third-order valence-electron chi connectivity index (χ3n) is 6.75. The summed E-state index contributed by atoms with van der Waals surface area (Å²) in [7, 11) is 0. The van der Waals surface area contributed by atoms with Crippen LogP contribution in [0, 0.1) is 23.1 Å². The van der Waals surface area contributed by atoms with Crippen molar-refractivity contribution >= 4 is 28.6 Å². The van der Waals surface area contributed by atoms with Gasteiger partial charge in [-0.15, -0.1) is 0 Å². The van der Waals surface area contributed by atoms with Gasteiger partial charge in [0.1, 0.15) is 23.7 Å². The van der Waals surface area contributed by atoms with Gasteiger partial charge in [-0.1, -0.05) is 23.6 Å². The van der Waals surface area contributed by atoms with Crippen LogP contribution in [-0.2, 0) is 11.4 Å². The Morgan fingerprint density at radius 1 is 1.30 bits per heavy atom. The molecule has 3 aromatic rings. The van der Waals surface area contributed by atoms with Crippen molar-refractivity contribution in [3.8, 4) is 11.8 Å². The fraction of sp³-hybridized carbons (Fsp3) is 0.435. The monoisotopic (exact) mass is 472 g/mol. The molecular formula is C23H23ClF2N6O. The first kappa shape index (κ1) is 22.0. The van der Waals surface area contributed by atoms with Crippen LogP contribution in [0.4, 0.5) is 14.6 Å². The number of nitrogens with zero attached hydrogens (tertiary/aromatic N) is 4. The number of hydrogen-bond donors (Lipinski definition) is 2. The lowest BCUT2D eigenvalue weighted by atomic mass is 9.73. The second kappa shape index (κ2) is 8.52. The molecule has 0 saturated carbocycles. The maximum atomic E-state index is 14.0. The third-order valence-corrected chi connectivity index (χ3v) is 7.06. The normalized spacial score (nSPS) is 22.0. The Hall–Kier alpha value is -2.80. The number of halogens is 3. The summed E-state index contributed by atoms with van der Waals surface area (Å²) in [4.78, 5) is 11.1.